The Labute approximate surface area is 152 Å². The SMILES string of the molecule is O=C(c1cccc(Oc2ccc(F)cc2)c1)N1CC[C@H](OCC2CC2)C1. The number of likely N-dealkylation sites (tertiary alicyclic amines) is 1. The van der Waals surface area contributed by atoms with Crippen molar-refractivity contribution in [3.63, 3.8) is 0 Å². The lowest BCUT2D eigenvalue weighted by Crippen LogP contribution is -2.30. The lowest BCUT2D eigenvalue weighted by Gasteiger charge is -2.17. The second kappa shape index (κ2) is 7.46. The van der Waals surface area contributed by atoms with Crippen LogP contribution in [0, 0.1) is 11.7 Å². The van der Waals surface area contributed by atoms with Crippen molar-refractivity contribution in [2.45, 2.75) is 25.4 Å². The Kier molecular flexibility index (Phi) is 4.89. The number of rotatable bonds is 6. The van der Waals surface area contributed by atoms with Gasteiger partial charge < -0.3 is 14.4 Å². The minimum atomic E-state index is -0.311. The average molecular weight is 355 g/mol. The number of nitrogens with zero attached hydrogens (tertiary/aromatic N) is 1. The molecular formula is C21H22FNO3. The standard InChI is InChI=1S/C21H22FNO3/c22-17-6-8-18(9-7-17)26-19-3-1-2-16(12-19)21(24)23-11-10-20(13-23)25-14-15-4-5-15/h1-3,6-9,12,15,20H,4-5,10-11,13-14H2/t20-/m0/s1. The molecule has 2 fully saturated rings. The van der Waals surface area contributed by atoms with Crippen LogP contribution >= 0.6 is 0 Å². The molecule has 0 unspecified atom stereocenters. The van der Waals surface area contributed by atoms with E-state index in [-0.39, 0.29) is 17.8 Å². The van der Waals surface area contributed by atoms with Gasteiger partial charge in [-0.25, -0.2) is 4.39 Å². The third-order valence-corrected chi connectivity index (χ3v) is 4.83. The molecule has 1 saturated carbocycles. The van der Waals surface area contributed by atoms with Crippen LogP contribution in [-0.2, 0) is 4.74 Å². The second-order valence-corrected chi connectivity index (χ2v) is 7.02. The van der Waals surface area contributed by atoms with E-state index in [0.717, 1.165) is 25.5 Å². The molecule has 1 aliphatic heterocycles. The quantitative estimate of drug-likeness (QED) is 0.777. The predicted molar refractivity (Wildman–Crippen MR) is 95.9 cm³/mol. The summed E-state index contributed by atoms with van der Waals surface area (Å²) in [5, 5.41) is 0. The van der Waals surface area contributed by atoms with Gasteiger partial charge in [0.05, 0.1) is 6.10 Å². The summed E-state index contributed by atoms with van der Waals surface area (Å²) in [7, 11) is 0. The predicted octanol–water partition coefficient (Wildman–Crippen LogP) is 4.26. The third kappa shape index (κ3) is 4.22. The molecule has 0 N–H and O–H groups in total. The van der Waals surface area contributed by atoms with Crippen LogP contribution in [0.3, 0.4) is 0 Å². The van der Waals surface area contributed by atoms with Gasteiger partial charge in [-0.15, -0.1) is 0 Å². The summed E-state index contributed by atoms with van der Waals surface area (Å²) >= 11 is 0. The van der Waals surface area contributed by atoms with Crippen molar-refractivity contribution in [2.24, 2.45) is 5.92 Å². The summed E-state index contributed by atoms with van der Waals surface area (Å²) in [5.74, 6) is 1.51. The zero-order chi connectivity index (χ0) is 17.9. The molecular weight excluding hydrogens is 333 g/mol. The van der Waals surface area contributed by atoms with E-state index in [2.05, 4.69) is 0 Å². The molecule has 0 bridgehead atoms. The van der Waals surface area contributed by atoms with Gasteiger partial charge in [0.2, 0.25) is 0 Å². The van der Waals surface area contributed by atoms with Crippen molar-refractivity contribution >= 4 is 5.91 Å². The maximum absolute atomic E-state index is 13.0. The Balaban J connectivity index is 1.37. The van der Waals surface area contributed by atoms with Gasteiger partial charge in [-0.05, 0) is 67.6 Å². The van der Waals surface area contributed by atoms with Crippen LogP contribution < -0.4 is 4.74 Å². The molecule has 0 radical (unpaired) electrons. The average Bonchev–Trinajstić information content (AvgIpc) is 3.37. The summed E-state index contributed by atoms with van der Waals surface area (Å²) < 4.78 is 24.6. The highest BCUT2D eigenvalue weighted by Gasteiger charge is 2.30. The van der Waals surface area contributed by atoms with Gasteiger partial charge in [-0.2, -0.15) is 0 Å². The van der Waals surface area contributed by atoms with Gasteiger partial charge in [-0.3, -0.25) is 4.79 Å². The molecule has 0 spiro atoms. The van der Waals surface area contributed by atoms with Crippen LogP contribution in [0.1, 0.15) is 29.6 Å². The van der Waals surface area contributed by atoms with Gasteiger partial charge in [0.15, 0.2) is 0 Å². The number of hydrogen-bond acceptors (Lipinski definition) is 3. The first-order valence-corrected chi connectivity index (χ1v) is 9.12. The fourth-order valence-electron chi connectivity index (χ4n) is 3.12. The maximum Gasteiger partial charge on any atom is 0.254 e. The molecule has 1 atom stereocenters. The third-order valence-electron chi connectivity index (χ3n) is 4.83. The van der Waals surface area contributed by atoms with E-state index >= 15 is 0 Å². The van der Waals surface area contributed by atoms with Crippen LogP contribution in [0.5, 0.6) is 11.5 Å². The smallest absolute Gasteiger partial charge is 0.254 e. The lowest BCUT2D eigenvalue weighted by molar-refractivity contribution is 0.0480. The van der Waals surface area contributed by atoms with E-state index in [0.29, 0.717) is 23.6 Å². The highest BCUT2D eigenvalue weighted by molar-refractivity contribution is 5.94. The van der Waals surface area contributed by atoms with Crippen molar-refractivity contribution in [1.82, 2.24) is 4.90 Å². The molecule has 5 heteroatoms. The van der Waals surface area contributed by atoms with Crippen molar-refractivity contribution in [3.05, 3.63) is 59.9 Å². The first kappa shape index (κ1) is 17.0. The molecule has 4 rings (SSSR count). The van der Waals surface area contributed by atoms with Crippen LogP contribution in [-0.4, -0.2) is 36.6 Å². The van der Waals surface area contributed by atoms with Gasteiger partial charge in [0.25, 0.3) is 5.91 Å². The summed E-state index contributed by atoms with van der Waals surface area (Å²) in [4.78, 5) is 14.6. The number of hydrogen-bond donors (Lipinski definition) is 0. The largest absolute Gasteiger partial charge is 0.457 e. The molecule has 1 amide bonds. The van der Waals surface area contributed by atoms with E-state index in [9.17, 15) is 9.18 Å². The van der Waals surface area contributed by atoms with E-state index in [1.165, 1.54) is 25.0 Å². The van der Waals surface area contributed by atoms with Crippen molar-refractivity contribution < 1.29 is 18.7 Å². The number of amides is 1. The Morgan fingerprint density at radius 2 is 1.88 bits per heavy atom. The lowest BCUT2D eigenvalue weighted by atomic mass is 10.2. The topological polar surface area (TPSA) is 38.8 Å². The number of carbonyl (C=O) groups excluding carboxylic acids is 1. The fourth-order valence-corrected chi connectivity index (χ4v) is 3.12. The summed E-state index contributed by atoms with van der Waals surface area (Å²) in [5.41, 5.74) is 0.590. The molecule has 2 aliphatic rings. The minimum absolute atomic E-state index is 0.00734. The van der Waals surface area contributed by atoms with Gasteiger partial charge in [-0.1, -0.05) is 6.07 Å². The monoisotopic (exact) mass is 355 g/mol. The van der Waals surface area contributed by atoms with E-state index < -0.39 is 0 Å². The Bertz CT molecular complexity index is 773. The van der Waals surface area contributed by atoms with Gasteiger partial charge in [0.1, 0.15) is 17.3 Å². The molecule has 2 aromatic carbocycles. The number of carbonyl (C=O) groups is 1. The number of ether oxygens (including phenoxy) is 2. The summed E-state index contributed by atoms with van der Waals surface area (Å²) in [6.45, 7) is 2.19. The van der Waals surface area contributed by atoms with Crippen molar-refractivity contribution in [2.75, 3.05) is 19.7 Å². The summed E-state index contributed by atoms with van der Waals surface area (Å²) in [6.07, 6.45) is 3.59. The molecule has 0 aromatic heterocycles. The first-order valence-electron chi connectivity index (χ1n) is 9.12. The van der Waals surface area contributed by atoms with Crippen LogP contribution in [0.4, 0.5) is 4.39 Å². The first-order chi connectivity index (χ1) is 12.7. The van der Waals surface area contributed by atoms with Crippen molar-refractivity contribution in [1.29, 1.82) is 0 Å². The van der Waals surface area contributed by atoms with E-state index in [1.54, 1.807) is 36.4 Å². The molecule has 4 nitrogen and oxygen atoms in total. The molecule has 1 saturated heterocycles. The normalized spacial score (nSPS) is 19.6. The van der Waals surface area contributed by atoms with Crippen LogP contribution in [0.2, 0.25) is 0 Å². The molecule has 2 aromatic rings. The van der Waals surface area contributed by atoms with E-state index in [1.807, 2.05) is 4.90 Å². The maximum atomic E-state index is 13.0. The van der Waals surface area contributed by atoms with Gasteiger partial charge >= 0.3 is 0 Å². The van der Waals surface area contributed by atoms with Crippen LogP contribution in [0.15, 0.2) is 48.5 Å². The molecule has 136 valence electrons. The molecule has 1 heterocycles. The fraction of sp³-hybridized carbons (Fsp3) is 0.381. The molecule has 1 aliphatic carbocycles. The van der Waals surface area contributed by atoms with Crippen molar-refractivity contribution in [3.8, 4) is 11.5 Å². The van der Waals surface area contributed by atoms with E-state index in [4.69, 9.17) is 9.47 Å². The zero-order valence-corrected chi connectivity index (χ0v) is 14.6. The summed E-state index contributed by atoms with van der Waals surface area (Å²) in [6, 6.07) is 12.9. The second-order valence-electron chi connectivity index (χ2n) is 7.02. The number of halogens is 1. The number of benzene rings is 2. The highest BCUT2D eigenvalue weighted by atomic mass is 19.1. The Morgan fingerprint density at radius 1 is 1.08 bits per heavy atom. The Morgan fingerprint density at radius 3 is 2.65 bits per heavy atom. The Hall–Kier alpha value is -2.40. The highest BCUT2D eigenvalue weighted by Crippen LogP contribution is 2.30. The molecule has 26 heavy (non-hydrogen) atoms. The van der Waals surface area contributed by atoms with Crippen LogP contribution in [0.25, 0.3) is 0 Å². The van der Waals surface area contributed by atoms with Gasteiger partial charge in [0, 0.05) is 25.3 Å². The minimum Gasteiger partial charge on any atom is -0.457 e. The zero-order valence-electron chi connectivity index (χ0n) is 14.6.